The number of carbonyl (C=O) groups excluding carboxylic acids is 1. The second-order valence-corrected chi connectivity index (χ2v) is 5.81. The average molecular weight is 329 g/mol. The highest BCUT2D eigenvalue weighted by Crippen LogP contribution is 2.31. The number of hydrogen-bond acceptors (Lipinski definition) is 6. The van der Waals surface area contributed by atoms with Crippen LogP contribution in [0.25, 0.3) is 10.2 Å². The number of nitrogens with zero attached hydrogens (tertiary/aromatic N) is 1. The van der Waals surface area contributed by atoms with Crippen LogP contribution in [0.4, 0.5) is 0 Å². The average Bonchev–Trinajstić information content (AvgIpc) is 3.01. The first-order chi connectivity index (χ1) is 11.2. The minimum Gasteiger partial charge on any atom is -0.493 e. The Bertz CT molecular complexity index is 810. The molecule has 1 heterocycles. The maximum atomic E-state index is 12.3. The summed E-state index contributed by atoms with van der Waals surface area (Å²) in [6, 6.07) is 12.9. The highest BCUT2D eigenvalue weighted by atomic mass is 32.1. The number of hydrogen-bond donors (Lipinski definition) is 0. The molecule has 23 heavy (non-hydrogen) atoms. The molecule has 0 unspecified atom stereocenters. The number of carbonyl (C=O) groups is 1. The highest BCUT2D eigenvalue weighted by Gasteiger charge is 2.18. The Kier molecular flexibility index (Phi) is 4.43. The summed E-state index contributed by atoms with van der Waals surface area (Å²) >= 11 is 1.51. The maximum absolute atomic E-state index is 12.3. The van der Waals surface area contributed by atoms with Gasteiger partial charge in [0, 0.05) is 0 Å². The van der Waals surface area contributed by atoms with E-state index in [0.717, 1.165) is 15.2 Å². The van der Waals surface area contributed by atoms with Gasteiger partial charge >= 0.3 is 5.97 Å². The van der Waals surface area contributed by atoms with Gasteiger partial charge in [-0.3, -0.25) is 0 Å². The normalized spacial score (nSPS) is 10.5. The third kappa shape index (κ3) is 3.12. The van der Waals surface area contributed by atoms with Crippen LogP contribution in [0.15, 0.2) is 42.5 Å². The molecule has 0 radical (unpaired) electrons. The molecule has 0 spiro atoms. The number of thiazole rings is 1. The summed E-state index contributed by atoms with van der Waals surface area (Å²) in [5.74, 6) is 0.381. The molecule has 0 aliphatic rings. The van der Waals surface area contributed by atoms with Crippen molar-refractivity contribution in [2.75, 3.05) is 14.2 Å². The summed E-state index contributed by atoms with van der Waals surface area (Å²) in [7, 11) is 3.01. The molecule has 0 N–H and O–H groups in total. The predicted molar refractivity (Wildman–Crippen MR) is 88.3 cm³/mol. The van der Waals surface area contributed by atoms with E-state index >= 15 is 0 Å². The molecule has 3 rings (SSSR count). The minimum atomic E-state index is -0.472. The summed E-state index contributed by atoms with van der Waals surface area (Å²) in [5.41, 5.74) is 1.23. The fourth-order valence-electron chi connectivity index (χ4n) is 2.23. The Hall–Kier alpha value is -2.60. The van der Waals surface area contributed by atoms with E-state index in [2.05, 4.69) is 4.98 Å². The van der Waals surface area contributed by atoms with Gasteiger partial charge in [-0.1, -0.05) is 18.2 Å². The van der Waals surface area contributed by atoms with Crippen molar-refractivity contribution in [3.63, 3.8) is 0 Å². The molecule has 0 aliphatic carbocycles. The van der Waals surface area contributed by atoms with Gasteiger partial charge in [0.1, 0.15) is 17.2 Å². The van der Waals surface area contributed by atoms with E-state index in [1.54, 1.807) is 18.2 Å². The zero-order valence-corrected chi connectivity index (χ0v) is 13.6. The van der Waals surface area contributed by atoms with Gasteiger partial charge in [0.05, 0.1) is 24.4 Å². The van der Waals surface area contributed by atoms with Crippen molar-refractivity contribution in [3.05, 3.63) is 53.0 Å². The molecule has 0 saturated heterocycles. The third-order valence-corrected chi connectivity index (χ3v) is 4.30. The van der Waals surface area contributed by atoms with Crippen molar-refractivity contribution in [1.29, 1.82) is 0 Å². The molecule has 2 aromatic carbocycles. The van der Waals surface area contributed by atoms with E-state index in [0.29, 0.717) is 17.1 Å². The number of methoxy groups -OCH3 is 2. The highest BCUT2D eigenvalue weighted by molar-refractivity contribution is 7.18. The molecule has 0 aliphatic heterocycles. The van der Waals surface area contributed by atoms with Gasteiger partial charge in [0.15, 0.2) is 11.5 Å². The van der Waals surface area contributed by atoms with Gasteiger partial charge in [-0.15, -0.1) is 11.3 Å². The lowest BCUT2D eigenvalue weighted by atomic mass is 10.2. The molecule has 0 atom stereocenters. The fraction of sp³-hybridized carbons (Fsp3) is 0.176. The van der Waals surface area contributed by atoms with Gasteiger partial charge in [0.2, 0.25) is 0 Å². The third-order valence-electron chi connectivity index (χ3n) is 3.29. The van der Waals surface area contributed by atoms with E-state index in [9.17, 15) is 4.79 Å². The number of fused-ring (bicyclic) bond motifs is 1. The molecule has 5 nitrogen and oxygen atoms in total. The summed E-state index contributed by atoms with van der Waals surface area (Å²) in [6.45, 7) is 0.124. The van der Waals surface area contributed by atoms with Crippen molar-refractivity contribution in [2.24, 2.45) is 0 Å². The van der Waals surface area contributed by atoms with E-state index in [4.69, 9.17) is 14.2 Å². The second kappa shape index (κ2) is 6.66. The van der Waals surface area contributed by atoms with Gasteiger partial charge in [-0.2, -0.15) is 0 Å². The largest absolute Gasteiger partial charge is 0.493 e. The molecule has 3 aromatic rings. The van der Waals surface area contributed by atoms with Crippen LogP contribution in [0, 0.1) is 0 Å². The number of benzene rings is 2. The van der Waals surface area contributed by atoms with Crippen LogP contribution in [0.3, 0.4) is 0 Å². The molecule has 0 fully saturated rings. The number of para-hydroxylation sites is 2. The second-order valence-electron chi connectivity index (χ2n) is 4.69. The summed E-state index contributed by atoms with van der Waals surface area (Å²) < 4.78 is 16.9. The Balaban J connectivity index is 1.77. The Morgan fingerprint density at radius 2 is 1.91 bits per heavy atom. The standard InChI is InChI=1S/C17H15NO4S/c1-20-13-8-5-6-11(16(13)21-2)17(19)22-10-15-18-12-7-3-4-9-14(12)23-15/h3-9H,10H2,1-2H3. The van der Waals surface area contributed by atoms with Crippen molar-refractivity contribution in [1.82, 2.24) is 4.98 Å². The fourth-order valence-corrected chi connectivity index (χ4v) is 3.12. The van der Waals surface area contributed by atoms with Crippen molar-refractivity contribution in [3.8, 4) is 11.5 Å². The van der Waals surface area contributed by atoms with Crippen LogP contribution in [0.1, 0.15) is 15.4 Å². The number of rotatable bonds is 5. The topological polar surface area (TPSA) is 57.7 Å². The van der Waals surface area contributed by atoms with Gasteiger partial charge in [0.25, 0.3) is 0 Å². The quantitative estimate of drug-likeness (QED) is 0.669. The summed E-state index contributed by atoms with van der Waals surface area (Å²) in [5, 5.41) is 0.751. The Labute approximate surface area is 137 Å². The molecule has 1 aromatic heterocycles. The zero-order valence-electron chi connectivity index (χ0n) is 12.7. The van der Waals surface area contributed by atoms with E-state index in [1.807, 2.05) is 24.3 Å². The lowest BCUT2D eigenvalue weighted by Gasteiger charge is -2.11. The predicted octanol–water partition coefficient (Wildman–Crippen LogP) is 3.67. The summed E-state index contributed by atoms with van der Waals surface area (Å²) in [6.07, 6.45) is 0. The van der Waals surface area contributed by atoms with E-state index in [1.165, 1.54) is 25.6 Å². The minimum absolute atomic E-state index is 0.124. The van der Waals surface area contributed by atoms with E-state index < -0.39 is 5.97 Å². The monoisotopic (exact) mass is 329 g/mol. The SMILES string of the molecule is COc1cccc(C(=O)OCc2nc3ccccc3s2)c1OC. The first kappa shape index (κ1) is 15.3. The Morgan fingerprint density at radius 3 is 2.65 bits per heavy atom. The van der Waals surface area contributed by atoms with Crippen LogP contribution < -0.4 is 9.47 Å². The summed E-state index contributed by atoms with van der Waals surface area (Å²) in [4.78, 5) is 16.7. The lowest BCUT2D eigenvalue weighted by Crippen LogP contribution is -2.07. The van der Waals surface area contributed by atoms with Crippen LogP contribution >= 0.6 is 11.3 Å². The van der Waals surface area contributed by atoms with Crippen molar-refractivity contribution >= 4 is 27.5 Å². The molecule has 0 amide bonds. The molecular weight excluding hydrogens is 314 g/mol. The van der Waals surface area contributed by atoms with E-state index in [-0.39, 0.29) is 6.61 Å². The number of ether oxygens (including phenoxy) is 3. The Morgan fingerprint density at radius 1 is 1.09 bits per heavy atom. The van der Waals surface area contributed by atoms with Crippen LogP contribution in [-0.2, 0) is 11.3 Å². The number of aromatic nitrogens is 1. The number of esters is 1. The van der Waals surface area contributed by atoms with Gasteiger partial charge in [-0.25, -0.2) is 9.78 Å². The first-order valence-corrected chi connectivity index (χ1v) is 7.77. The smallest absolute Gasteiger partial charge is 0.342 e. The van der Waals surface area contributed by atoms with Crippen LogP contribution in [-0.4, -0.2) is 25.2 Å². The molecule has 118 valence electrons. The lowest BCUT2D eigenvalue weighted by molar-refractivity contribution is 0.0468. The molecule has 0 bridgehead atoms. The molecule has 0 saturated carbocycles. The van der Waals surface area contributed by atoms with Crippen LogP contribution in [0.2, 0.25) is 0 Å². The maximum Gasteiger partial charge on any atom is 0.342 e. The van der Waals surface area contributed by atoms with Crippen LogP contribution in [0.5, 0.6) is 11.5 Å². The zero-order chi connectivity index (χ0) is 16.2. The van der Waals surface area contributed by atoms with Crippen molar-refractivity contribution in [2.45, 2.75) is 6.61 Å². The molecule has 6 heteroatoms. The molecular formula is C17H15NO4S. The first-order valence-electron chi connectivity index (χ1n) is 6.95. The van der Waals surface area contributed by atoms with Gasteiger partial charge in [-0.05, 0) is 24.3 Å². The van der Waals surface area contributed by atoms with Crippen molar-refractivity contribution < 1.29 is 19.0 Å². The van der Waals surface area contributed by atoms with Gasteiger partial charge < -0.3 is 14.2 Å².